The van der Waals surface area contributed by atoms with Gasteiger partial charge >= 0.3 is 99.2 Å². The SMILES string of the molecule is CC(C)(C)c1ccc2c(c1)[cH-]c1cc(C(C)(C)C)ccc12.CC1[C-]=CC(C2C3CC4CC(C3)CC2C4)=C1.[Cl-].[Cl-].[Zr+2]=[C](c1ccccc1)c1ccccc1. The fourth-order valence-corrected chi connectivity index (χ4v) is 10.4. The van der Waals surface area contributed by atoms with E-state index in [0.29, 0.717) is 5.92 Å². The van der Waals surface area contributed by atoms with Crippen molar-refractivity contribution in [3.05, 3.63) is 149 Å². The fourth-order valence-electron chi connectivity index (χ4n) is 9.62. The topological polar surface area (TPSA) is 0 Å². The molecule has 0 nitrogen and oxygen atoms in total. The van der Waals surface area contributed by atoms with Gasteiger partial charge in [-0.15, -0.1) is 39.7 Å². The molecule has 5 aliphatic rings. The van der Waals surface area contributed by atoms with Crippen LogP contribution in [0.5, 0.6) is 0 Å². The second kappa shape index (κ2) is 17.1. The molecule has 0 aromatic heterocycles. The molecule has 0 heterocycles. The molecule has 1 unspecified atom stereocenters. The Bertz CT molecular complexity index is 1910. The molecule has 5 aromatic rings. The van der Waals surface area contributed by atoms with Crippen molar-refractivity contribution in [2.75, 3.05) is 0 Å². The van der Waals surface area contributed by atoms with Gasteiger partial charge in [-0.1, -0.05) is 95.7 Å². The summed E-state index contributed by atoms with van der Waals surface area (Å²) in [5.41, 5.74) is 7.53. The quantitative estimate of drug-likeness (QED) is 0.171. The van der Waals surface area contributed by atoms with Crippen LogP contribution in [0.2, 0.25) is 0 Å². The van der Waals surface area contributed by atoms with Gasteiger partial charge in [-0.2, -0.15) is 11.6 Å². The van der Waals surface area contributed by atoms with E-state index >= 15 is 0 Å². The first-order valence-corrected chi connectivity index (χ1v) is 20.7. The van der Waals surface area contributed by atoms with E-state index in [1.807, 2.05) is 0 Å². The molecule has 0 aliphatic heterocycles. The van der Waals surface area contributed by atoms with Crippen LogP contribution in [0.25, 0.3) is 21.5 Å². The average molecular weight is 819 g/mol. The molecule has 4 saturated carbocycles. The molecule has 5 aliphatic carbocycles. The molecule has 10 rings (SSSR count). The van der Waals surface area contributed by atoms with Gasteiger partial charge in [-0.05, 0) is 66.6 Å². The van der Waals surface area contributed by atoms with Crippen molar-refractivity contribution in [3.8, 4) is 0 Å². The van der Waals surface area contributed by atoms with Crippen LogP contribution >= 0.6 is 0 Å². The monoisotopic (exact) mass is 816 g/mol. The molecule has 0 amide bonds. The van der Waals surface area contributed by atoms with Gasteiger partial charge in [-0.25, -0.2) is 6.08 Å². The van der Waals surface area contributed by atoms with E-state index < -0.39 is 0 Å². The van der Waals surface area contributed by atoms with E-state index in [2.05, 4.69) is 170 Å². The summed E-state index contributed by atoms with van der Waals surface area (Å²) in [6, 6.07) is 37.3. The maximum atomic E-state index is 3.46. The van der Waals surface area contributed by atoms with Crippen molar-refractivity contribution in [1.82, 2.24) is 0 Å². The van der Waals surface area contributed by atoms with Crippen LogP contribution in [0.15, 0.2) is 121 Å². The molecule has 3 heteroatoms. The van der Waals surface area contributed by atoms with Gasteiger partial charge in [0.05, 0.1) is 0 Å². The van der Waals surface area contributed by atoms with Gasteiger partial charge in [0.25, 0.3) is 0 Å². The average Bonchev–Trinajstić information content (AvgIpc) is 3.70. The molecule has 0 spiro atoms. The summed E-state index contributed by atoms with van der Waals surface area (Å²) in [7, 11) is 0. The van der Waals surface area contributed by atoms with Crippen molar-refractivity contribution < 1.29 is 49.0 Å². The van der Waals surface area contributed by atoms with E-state index in [4.69, 9.17) is 0 Å². The van der Waals surface area contributed by atoms with Gasteiger partial charge in [0.2, 0.25) is 0 Å². The van der Waals surface area contributed by atoms with Crippen molar-refractivity contribution in [2.45, 2.75) is 91.4 Å². The van der Waals surface area contributed by atoms with Gasteiger partial charge < -0.3 is 24.8 Å². The molecule has 4 bridgehead atoms. The van der Waals surface area contributed by atoms with E-state index in [0.717, 1.165) is 29.6 Å². The molecule has 53 heavy (non-hydrogen) atoms. The Kier molecular flexibility index (Phi) is 13.5. The second-order valence-electron chi connectivity index (χ2n) is 18.1. The number of rotatable bonds is 3. The van der Waals surface area contributed by atoms with E-state index in [9.17, 15) is 0 Å². The van der Waals surface area contributed by atoms with Crippen molar-refractivity contribution in [2.24, 2.45) is 35.5 Å². The molecule has 0 N–H and O–H groups in total. The van der Waals surface area contributed by atoms with Crippen LogP contribution in [-0.2, 0) is 35.1 Å². The molecule has 4 fully saturated rings. The first kappa shape index (κ1) is 41.7. The second-order valence-corrected chi connectivity index (χ2v) is 19.3. The molecule has 276 valence electrons. The number of halogens is 2. The predicted molar refractivity (Wildman–Crippen MR) is 216 cm³/mol. The molecule has 0 saturated heterocycles. The van der Waals surface area contributed by atoms with E-state index in [1.165, 1.54) is 96.9 Å². The first-order chi connectivity index (χ1) is 24.3. The van der Waals surface area contributed by atoms with Crippen LogP contribution in [0, 0.1) is 41.6 Å². The van der Waals surface area contributed by atoms with E-state index in [-0.39, 0.29) is 35.6 Å². The Morgan fingerprint density at radius 3 is 1.43 bits per heavy atom. The zero-order valence-electron chi connectivity index (χ0n) is 32.7. The van der Waals surface area contributed by atoms with Crippen molar-refractivity contribution >= 4 is 24.8 Å². The summed E-state index contributed by atoms with van der Waals surface area (Å²) in [6.45, 7) is 15.9. The van der Waals surface area contributed by atoms with Crippen LogP contribution in [0.4, 0.5) is 0 Å². The zero-order chi connectivity index (χ0) is 35.9. The van der Waals surface area contributed by atoms with Gasteiger partial charge in [0, 0.05) is 0 Å². The third kappa shape index (κ3) is 9.51. The van der Waals surface area contributed by atoms with Crippen LogP contribution < -0.4 is 24.8 Å². The molecule has 0 radical (unpaired) electrons. The first-order valence-electron chi connectivity index (χ1n) is 19.5. The summed E-state index contributed by atoms with van der Waals surface area (Å²) in [6.07, 6.45) is 16.0. The van der Waals surface area contributed by atoms with Gasteiger partial charge in [0.15, 0.2) is 0 Å². The summed E-state index contributed by atoms with van der Waals surface area (Å²) >= 11 is 1.46. The van der Waals surface area contributed by atoms with Crippen molar-refractivity contribution in [3.63, 3.8) is 0 Å². The van der Waals surface area contributed by atoms with Crippen LogP contribution in [0.3, 0.4) is 0 Å². The third-order valence-electron chi connectivity index (χ3n) is 12.1. The number of benzene rings is 4. The summed E-state index contributed by atoms with van der Waals surface area (Å²) in [5.74, 6) is 5.77. The fraction of sp³-hybridized carbons (Fsp3) is 0.400. The Balaban J connectivity index is 0.000000154. The summed E-state index contributed by atoms with van der Waals surface area (Å²) < 4.78 is 1.42. The Morgan fingerprint density at radius 1 is 0.623 bits per heavy atom. The predicted octanol–water partition coefficient (Wildman–Crippen LogP) is 7.11. The normalized spacial score (nSPS) is 24.0. The van der Waals surface area contributed by atoms with Gasteiger partial charge in [-0.3, -0.25) is 6.08 Å². The standard InChI is InChI=1S/C21H25.C16H21.C13H10.2ClH.Zr/c1-20(2,3)16-7-9-18-14(12-16)11-15-13-17(21(4,5)6)8-10-19(15)18;1-10-2-3-13(4-10)16-14-6-11-5-12(8-14)9-15(16)7-11;1-3-7-12(8-4-1)11-13-9-5-2-6-10-13;;;/h7-13H,1-6H3;3-4,10-12,14-16H,5-9H2,1H3;1-10H;2*1H;/q2*-1;;;;+2/p-2. The number of hydrogen-bond donors (Lipinski definition) is 0. The minimum atomic E-state index is 0. The summed E-state index contributed by atoms with van der Waals surface area (Å²) in [5, 5.41) is 5.48. The van der Waals surface area contributed by atoms with Gasteiger partial charge in [0.1, 0.15) is 0 Å². The maximum absolute atomic E-state index is 3.46. The molecular weight excluding hydrogens is 763 g/mol. The van der Waals surface area contributed by atoms with Crippen LogP contribution in [0.1, 0.15) is 103 Å². The minimum absolute atomic E-state index is 0. The Labute approximate surface area is 347 Å². The van der Waals surface area contributed by atoms with E-state index in [1.54, 1.807) is 12.0 Å². The molecule has 1 atom stereocenters. The summed E-state index contributed by atoms with van der Waals surface area (Å²) in [4.78, 5) is 0. The number of fused-ring (bicyclic) bond motifs is 3. The Morgan fingerprint density at radius 2 is 1.06 bits per heavy atom. The van der Waals surface area contributed by atoms with Crippen LogP contribution in [-0.4, -0.2) is 3.21 Å². The molecule has 5 aromatic carbocycles. The Hall–Kier alpha value is -2.44. The molecular formula is C50H56Cl2Zr-2. The third-order valence-corrected chi connectivity index (χ3v) is 13.5. The van der Waals surface area contributed by atoms with Crippen molar-refractivity contribution in [1.29, 1.82) is 0 Å². The number of hydrogen-bond acceptors (Lipinski definition) is 0. The number of allylic oxidation sites excluding steroid dienone is 4. The zero-order valence-corrected chi connectivity index (χ0v) is 36.7.